The number of guanidine groups is 1. The molecule has 0 radical (unpaired) electrons. The van der Waals surface area contributed by atoms with Crippen LogP contribution in [0.15, 0.2) is 23.2 Å². The van der Waals surface area contributed by atoms with E-state index in [0.717, 1.165) is 24.7 Å². The zero-order valence-corrected chi connectivity index (χ0v) is 7.97. The quantitative estimate of drug-likeness (QED) is 0.705. The Morgan fingerprint density at radius 1 is 1.29 bits per heavy atom. The standard InChI is InChI=1S/C10H12FN3/c1-7-6-8(2-3-9(7)11)14-10-12-4-5-13-10/h2-3,6H,4-5H2,1H3,(H2,12,13,14). The summed E-state index contributed by atoms with van der Waals surface area (Å²) in [6, 6.07) is 4.82. The van der Waals surface area contributed by atoms with Gasteiger partial charge in [0.2, 0.25) is 0 Å². The molecule has 1 saturated heterocycles. The summed E-state index contributed by atoms with van der Waals surface area (Å²) >= 11 is 0. The van der Waals surface area contributed by atoms with E-state index in [0.29, 0.717) is 5.56 Å². The van der Waals surface area contributed by atoms with E-state index < -0.39 is 0 Å². The third-order valence-corrected chi connectivity index (χ3v) is 2.09. The number of nitrogens with one attached hydrogen (secondary N) is 2. The molecule has 0 saturated carbocycles. The normalized spacial score (nSPS) is 14.9. The van der Waals surface area contributed by atoms with Gasteiger partial charge in [-0.15, -0.1) is 0 Å². The first kappa shape index (κ1) is 8.99. The number of aryl methyl sites for hydroxylation is 1. The molecule has 0 atom stereocenters. The lowest BCUT2D eigenvalue weighted by molar-refractivity contribution is 0.618. The van der Waals surface area contributed by atoms with Gasteiger partial charge >= 0.3 is 0 Å². The fourth-order valence-electron chi connectivity index (χ4n) is 1.33. The SMILES string of the molecule is Cc1cc(N=C2NCCN2)ccc1F. The molecule has 1 aliphatic heterocycles. The molecular formula is C10H12FN3. The predicted octanol–water partition coefficient (Wildman–Crippen LogP) is 1.31. The van der Waals surface area contributed by atoms with Gasteiger partial charge in [-0.25, -0.2) is 9.38 Å². The minimum atomic E-state index is -0.193. The molecule has 0 spiro atoms. The van der Waals surface area contributed by atoms with Crippen LogP contribution in [0.2, 0.25) is 0 Å². The van der Waals surface area contributed by atoms with Crippen LogP contribution in [0.25, 0.3) is 0 Å². The van der Waals surface area contributed by atoms with Gasteiger partial charge in [0.1, 0.15) is 5.82 Å². The Labute approximate surface area is 82.0 Å². The van der Waals surface area contributed by atoms with Gasteiger partial charge in [0.25, 0.3) is 0 Å². The van der Waals surface area contributed by atoms with Crippen molar-refractivity contribution in [2.75, 3.05) is 13.1 Å². The summed E-state index contributed by atoms with van der Waals surface area (Å²) in [6.07, 6.45) is 0. The van der Waals surface area contributed by atoms with Crippen LogP contribution in [0.3, 0.4) is 0 Å². The fraction of sp³-hybridized carbons (Fsp3) is 0.300. The summed E-state index contributed by atoms with van der Waals surface area (Å²) < 4.78 is 12.9. The van der Waals surface area contributed by atoms with E-state index in [4.69, 9.17) is 0 Å². The van der Waals surface area contributed by atoms with Crippen LogP contribution in [0, 0.1) is 12.7 Å². The van der Waals surface area contributed by atoms with Crippen molar-refractivity contribution in [1.82, 2.24) is 10.6 Å². The number of benzene rings is 1. The van der Waals surface area contributed by atoms with Crippen LogP contribution in [-0.4, -0.2) is 19.0 Å². The van der Waals surface area contributed by atoms with Crippen LogP contribution in [0.1, 0.15) is 5.56 Å². The molecule has 1 heterocycles. The average Bonchev–Trinajstić information content (AvgIpc) is 2.64. The molecule has 74 valence electrons. The smallest absolute Gasteiger partial charge is 0.196 e. The van der Waals surface area contributed by atoms with Crippen LogP contribution < -0.4 is 10.6 Å². The van der Waals surface area contributed by atoms with Crippen LogP contribution in [0.5, 0.6) is 0 Å². The van der Waals surface area contributed by atoms with Crippen molar-refractivity contribution in [3.05, 3.63) is 29.6 Å². The Morgan fingerprint density at radius 3 is 2.64 bits per heavy atom. The van der Waals surface area contributed by atoms with Crippen molar-refractivity contribution in [3.8, 4) is 0 Å². The van der Waals surface area contributed by atoms with Crippen LogP contribution in [0.4, 0.5) is 10.1 Å². The second-order valence-electron chi connectivity index (χ2n) is 3.25. The summed E-state index contributed by atoms with van der Waals surface area (Å²) in [5, 5.41) is 6.17. The maximum Gasteiger partial charge on any atom is 0.196 e. The van der Waals surface area contributed by atoms with Crippen molar-refractivity contribution in [2.45, 2.75) is 6.92 Å². The lowest BCUT2D eigenvalue weighted by Gasteiger charge is -2.00. The Kier molecular flexibility index (Phi) is 2.35. The van der Waals surface area contributed by atoms with Crippen molar-refractivity contribution in [2.24, 2.45) is 4.99 Å². The van der Waals surface area contributed by atoms with Crippen molar-refractivity contribution < 1.29 is 4.39 Å². The van der Waals surface area contributed by atoms with E-state index >= 15 is 0 Å². The number of rotatable bonds is 1. The van der Waals surface area contributed by atoms with E-state index in [9.17, 15) is 4.39 Å². The van der Waals surface area contributed by atoms with Gasteiger partial charge in [-0.1, -0.05) is 0 Å². The fourth-order valence-corrected chi connectivity index (χ4v) is 1.33. The Morgan fingerprint density at radius 2 is 2.00 bits per heavy atom. The number of nitrogens with zero attached hydrogens (tertiary/aromatic N) is 1. The largest absolute Gasteiger partial charge is 0.354 e. The minimum absolute atomic E-state index is 0.193. The molecule has 0 aliphatic carbocycles. The molecule has 2 rings (SSSR count). The van der Waals surface area contributed by atoms with Gasteiger partial charge in [0.15, 0.2) is 5.96 Å². The molecule has 1 fully saturated rings. The van der Waals surface area contributed by atoms with Gasteiger partial charge in [-0.2, -0.15) is 0 Å². The summed E-state index contributed by atoms with van der Waals surface area (Å²) in [6.45, 7) is 3.51. The maximum absolute atomic E-state index is 12.9. The molecule has 1 aliphatic rings. The van der Waals surface area contributed by atoms with Gasteiger partial charge in [-0.3, -0.25) is 0 Å². The number of aliphatic imine (C=N–C) groups is 1. The minimum Gasteiger partial charge on any atom is -0.354 e. The molecule has 0 aromatic heterocycles. The highest BCUT2D eigenvalue weighted by molar-refractivity contribution is 5.84. The molecule has 1 aromatic carbocycles. The van der Waals surface area contributed by atoms with E-state index in [2.05, 4.69) is 15.6 Å². The average molecular weight is 193 g/mol. The van der Waals surface area contributed by atoms with Crippen LogP contribution >= 0.6 is 0 Å². The Bertz CT molecular complexity index is 366. The highest BCUT2D eigenvalue weighted by atomic mass is 19.1. The molecule has 0 amide bonds. The van der Waals surface area contributed by atoms with Gasteiger partial charge in [0, 0.05) is 13.1 Å². The van der Waals surface area contributed by atoms with Gasteiger partial charge < -0.3 is 10.6 Å². The molecule has 3 nitrogen and oxygen atoms in total. The zero-order chi connectivity index (χ0) is 9.97. The highest BCUT2D eigenvalue weighted by Gasteiger charge is 2.05. The van der Waals surface area contributed by atoms with E-state index in [1.165, 1.54) is 6.07 Å². The topological polar surface area (TPSA) is 36.4 Å². The second kappa shape index (κ2) is 3.65. The van der Waals surface area contributed by atoms with Crippen molar-refractivity contribution >= 4 is 11.6 Å². The summed E-state index contributed by atoms with van der Waals surface area (Å²) in [7, 11) is 0. The first-order valence-electron chi connectivity index (χ1n) is 4.58. The molecule has 2 N–H and O–H groups in total. The van der Waals surface area contributed by atoms with E-state index in [1.807, 2.05) is 0 Å². The molecule has 4 heteroatoms. The first-order chi connectivity index (χ1) is 6.75. The van der Waals surface area contributed by atoms with Crippen LogP contribution in [-0.2, 0) is 0 Å². The van der Waals surface area contributed by atoms with Crippen molar-refractivity contribution in [1.29, 1.82) is 0 Å². The lowest BCUT2D eigenvalue weighted by atomic mass is 10.2. The monoisotopic (exact) mass is 193 g/mol. The summed E-state index contributed by atoms with van der Waals surface area (Å²) in [4.78, 5) is 4.29. The Balaban J connectivity index is 2.24. The molecule has 14 heavy (non-hydrogen) atoms. The molecule has 0 unspecified atom stereocenters. The predicted molar refractivity (Wildman–Crippen MR) is 54.2 cm³/mol. The number of hydrogen-bond acceptors (Lipinski definition) is 1. The number of hydrogen-bond donors (Lipinski definition) is 2. The van der Waals surface area contributed by atoms with Gasteiger partial charge in [0.05, 0.1) is 5.69 Å². The number of halogens is 1. The summed E-state index contributed by atoms with van der Waals surface area (Å²) in [5.41, 5.74) is 1.38. The van der Waals surface area contributed by atoms with Gasteiger partial charge in [-0.05, 0) is 30.7 Å². The molecule has 0 bridgehead atoms. The third-order valence-electron chi connectivity index (χ3n) is 2.09. The lowest BCUT2D eigenvalue weighted by Crippen LogP contribution is -2.23. The van der Waals surface area contributed by atoms with Crippen molar-refractivity contribution in [3.63, 3.8) is 0 Å². The third kappa shape index (κ3) is 1.84. The highest BCUT2D eigenvalue weighted by Crippen LogP contribution is 2.16. The second-order valence-corrected chi connectivity index (χ2v) is 3.25. The molecular weight excluding hydrogens is 181 g/mol. The van der Waals surface area contributed by atoms with E-state index in [1.54, 1.807) is 19.1 Å². The molecule has 1 aromatic rings. The van der Waals surface area contributed by atoms with E-state index in [-0.39, 0.29) is 5.82 Å². The maximum atomic E-state index is 12.9. The first-order valence-corrected chi connectivity index (χ1v) is 4.58. The zero-order valence-electron chi connectivity index (χ0n) is 7.97. The summed E-state index contributed by atoms with van der Waals surface area (Å²) in [5.74, 6) is 0.567. The Hall–Kier alpha value is -1.58.